The minimum atomic E-state index is -1.18. The quantitative estimate of drug-likeness (QED) is 0.144. The van der Waals surface area contributed by atoms with Crippen molar-refractivity contribution in [2.75, 3.05) is 12.0 Å². The van der Waals surface area contributed by atoms with Crippen molar-refractivity contribution in [2.45, 2.75) is 70.1 Å². The van der Waals surface area contributed by atoms with Crippen LogP contribution in [0, 0.1) is 5.92 Å². The third-order valence-electron chi connectivity index (χ3n) is 6.76. The van der Waals surface area contributed by atoms with Crippen LogP contribution in [0.25, 0.3) is 10.9 Å². The van der Waals surface area contributed by atoms with Crippen LogP contribution in [-0.4, -0.2) is 81.0 Å². The molecule has 0 saturated carbocycles. The normalized spacial score (nSPS) is 14.9. The maximum absolute atomic E-state index is 13.4. The molecule has 1 aromatic heterocycles. The van der Waals surface area contributed by atoms with Crippen LogP contribution in [0.3, 0.4) is 0 Å². The van der Waals surface area contributed by atoms with Gasteiger partial charge < -0.3 is 36.9 Å². The predicted octanol–water partition coefficient (Wildman–Crippen LogP) is 1.24. The van der Waals surface area contributed by atoms with Gasteiger partial charge in [0.05, 0.1) is 6.04 Å². The highest BCUT2D eigenvalue weighted by atomic mass is 32.2. The number of thioether (sulfide) groups is 1. The van der Waals surface area contributed by atoms with Gasteiger partial charge in [-0.3, -0.25) is 19.2 Å². The van der Waals surface area contributed by atoms with Gasteiger partial charge in [0, 0.05) is 29.9 Å². The summed E-state index contributed by atoms with van der Waals surface area (Å²) in [6, 6.07) is 2.98. The van der Waals surface area contributed by atoms with Crippen molar-refractivity contribution >= 4 is 52.3 Å². The Balaban J connectivity index is 2.30. The van der Waals surface area contributed by atoms with Crippen LogP contribution in [0.4, 0.5) is 0 Å². The summed E-state index contributed by atoms with van der Waals surface area (Å²) in [5, 5.41) is 27.3. The molecule has 0 spiro atoms. The molecule has 2 rings (SSSR count). The van der Waals surface area contributed by atoms with Gasteiger partial charge in [0.25, 0.3) is 0 Å². The number of hydrogen-bond acceptors (Lipinski definition) is 7. The molecule has 8 N–H and O–H groups in total. The Morgan fingerprint density at radius 2 is 1.62 bits per heavy atom. The highest BCUT2D eigenvalue weighted by molar-refractivity contribution is 7.98. The van der Waals surface area contributed by atoms with Gasteiger partial charge in [-0.05, 0) is 42.4 Å². The van der Waals surface area contributed by atoms with E-state index in [0.29, 0.717) is 12.2 Å². The Labute approximate surface area is 237 Å². The van der Waals surface area contributed by atoms with Crippen LogP contribution in [0.1, 0.15) is 45.1 Å². The van der Waals surface area contributed by atoms with Crippen LogP contribution < -0.4 is 21.7 Å². The number of H-pyrrole nitrogens is 1. The fourth-order valence-corrected chi connectivity index (χ4v) is 4.60. The zero-order valence-corrected chi connectivity index (χ0v) is 23.8. The molecular weight excluding hydrogens is 538 g/mol. The minimum absolute atomic E-state index is 0.0652. The van der Waals surface area contributed by atoms with Gasteiger partial charge in [-0.25, -0.2) is 4.79 Å². The van der Waals surface area contributed by atoms with Gasteiger partial charge >= 0.3 is 11.9 Å². The van der Waals surface area contributed by atoms with Crippen molar-refractivity contribution in [3.8, 4) is 0 Å². The molecule has 1 heterocycles. The fraction of sp³-hybridized carbons (Fsp3) is 0.519. The zero-order chi connectivity index (χ0) is 29.8. The van der Waals surface area contributed by atoms with Crippen LogP contribution in [0.5, 0.6) is 0 Å². The lowest BCUT2D eigenvalue weighted by atomic mass is 9.98. The van der Waals surface area contributed by atoms with Crippen molar-refractivity contribution in [1.29, 1.82) is 0 Å². The van der Waals surface area contributed by atoms with Gasteiger partial charge in [-0.2, -0.15) is 11.8 Å². The third kappa shape index (κ3) is 9.56. The summed E-state index contributed by atoms with van der Waals surface area (Å²) in [7, 11) is 0. The van der Waals surface area contributed by atoms with Crippen LogP contribution in [0.15, 0.2) is 30.5 Å². The number of aliphatic carboxylic acids is 2. The number of aromatic amines is 1. The number of carbonyl (C=O) groups excluding carboxylic acids is 3. The number of amides is 3. The van der Waals surface area contributed by atoms with Gasteiger partial charge in [-0.1, -0.05) is 38.5 Å². The lowest BCUT2D eigenvalue weighted by molar-refractivity contribution is -0.144. The number of carboxylic acids is 2. The molecule has 0 aliphatic heterocycles. The molecule has 0 bridgehead atoms. The van der Waals surface area contributed by atoms with Gasteiger partial charge in [-0.15, -0.1) is 0 Å². The van der Waals surface area contributed by atoms with Crippen molar-refractivity contribution in [2.24, 2.45) is 11.7 Å². The molecule has 13 heteroatoms. The van der Waals surface area contributed by atoms with E-state index in [-0.39, 0.29) is 31.6 Å². The number of nitrogens with two attached hydrogens (primary N) is 1. The molecule has 1 aromatic carbocycles. The number of aromatic nitrogens is 1. The second-order valence-electron chi connectivity index (χ2n) is 9.72. The standard InChI is InChI=1S/C27H39N5O7S/c1-4-15(2)23(27(38)39)32-26(37)21(13-16-14-29-19-8-6-5-7-17(16)19)31-25(36)20(11-12-40-3)30-24(35)18(28)9-10-22(33)34/h5-8,14-15,18,20-21,23,29H,4,9-13,28H2,1-3H3,(H,30,35)(H,31,36)(H,32,37)(H,33,34)(H,38,39). The van der Waals surface area contributed by atoms with E-state index in [9.17, 15) is 29.1 Å². The zero-order valence-electron chi connectivity index (χ0n) is 22.9. The van der Waals surface area contributed by atoms with E-state index in [1.165, 1.54) is 11.8 Å². The molecule has 12 nitrogen and oxygen atoms in total. The number of rotatable bonds is 17. The van der Waals surface area contributed by atoms with Crippen LogP contribution in [-0.2, 0) is 30.4 Å². The Morgan fingerprint density at radius 1 is 0.975 bits per heavy atom. The SMILES string of the molecule is CCC(C)C(NC(=O)C(Cc1c[nH]c2ccccc12)NC(=O)C(CCSC)NC(=O)C(N)CCC(=O)O)C(=O)O. The molecular formula is C27H39N5O7S. The van der Waals surface area contributed by atoms with E-state index < -0.39 is 53.8 Å². The predicted molar refractivity (Wildman–Crippen MR) is 153 cm³/mol. The molecule has 0 aliphatic rings. The molecule has 220 valence electrons. The van der Waals surface area contributed by atoms with Gasteiger partial charge in [0.2, 0.25) is 17.7 Å². The summed E-state index contributed by atoms with van der Waals surface area (Å²) in [4.78, 5) is 65.3. The van der Waals surface area contributed by atoms with E-state index >= 15 is 0 Å². The summed E-state index contributed by atoms with van der Waals surface area (Å²) in [5.41, 5.74) is 7.41. The number of benzene rings is 1. The number of nitrogens with one attached hydrogen (secondary N) is 4. The first-order chi connectivity index (χ1) is 19.0. The lowest BCUT2D eigenvalue weighted by Crippen LogP contribution is -2.58. The average Bonchev–Trinajstić information content (AvgIpc) is 3.33. The highest BCUT2D eigenvalue weighted by Gasteiger charge is 2.32. The maximum atomic E-state index is 13.4. The van der Waals surface area contributed by atoms with Gasteiger partial charge in [0.1, 0.15) is 18.1 Å². The molecule has 0 saturated heterocycles. The topological polar surface area (TPSA) is 204 Å². The van der Waals surface area contributed by atoms with Gasteiger partial charge in [0.15, 0.2) is 0 Å². The average molecular weight is 578 g/mol. The first-order valence-corrected chi connectivity index (χ1v) is 14.5. The monoisotopic (exact) mass is 577 g/mol. The number of hydrogen-bond donors (Lipinski definition) is 7. The summed E-state index contributed by atoms with van der Waals surface area (Å²) >= 11 is 1.46. The molecule has 40 heavy (non-hydrogen) atoms. The van der Waals surface area contributed by atoms with E-state index in [4.69, 9.17) is 10.8 Å². The van der Waals surface area contributed by atoms with E-state index in [1.54, 1.807) is 13.1 Å². The van der Waals surface area contributed by atoms with Crippen LogP contribution in [0.2, 0.25) is 0 Å². The van der Waals surface area contributed by atoms with Crippen molar-refractivity contribution in [3.63, 3.8) is 0 Å². The van der Waals surface area contributed by atoms with Crippen molar-refractivity contribution in [3.05, 3.63) is 36.0 Å². The maximum Gasteiger partial charge on any atom is 0.326 e. The Morgan fingerprint density at radius 3 is 2.25 bits per heavy atom. The first-order valence-electron chi connectivity index (χ1n) is 13.1. The van der Waals surface area contributed by atoms with Crippen LogP contribution >= 0.6 is 11.8 Å². The molecule has 0 radical (unpaired) electrons. The Hall–Kier alpha value is -3.58. The largest absolute Gasteiger partial charge is 0.481 e. The van der Waals surface area contributed by atoms with E-state index in [2.05, 4.69) is 20.9 Å². The third-order valence-corrected chi connectivity index (χ3v) is 7.40. The smallest absolute Gasteiger partial charge is 0.326 e. The number of carboxylic acid groups (broad SMARTS) is 2. The Bertz CT molecular complexity index is 1190. The number of para-hydroxylation sites is 1. The summed E-state index contributed by atoms with van der Waals surface area (Å²) in [5.74, 6) is -4.10. The fourth-order valence-electron chi connectivity index (χ4n) is 4.13. The summed E-state index contributed by atoms with van der Waals surface area (Å²) in [6.45, 7) is 3.53. The number of carbonyl (C=O) groups is 5. The molecule has 5 atom stereocenters. The van der Waals surface area contributed by atoms with E-state index in [1.807, 2.05) is 37.4 Å². The molecule has 3 amide bonds. The molecule has 5 unspecified atom stereocenters. The summed E-state index contributed by atoms with van der Waals surface area (Å²) < 4.78 is 0. The molecule has 2 aromatic rings. The minimum Gasteiger partial charge on any atom is -0.481 e. The second kappa shape index (κ2) is 15.9. The highest BCUT2D eigenvalue weighted by Crippen LogP contribution is 2.20. The van der Waals surface area contributed by atoms with E-state index in [0.717, 1.165) is 16.5 Å². The molecule has 0 aliphatic carbocycles. The molecule has 0 fully saturated rings. The number of fused-ring (bicyclic) bond motifs is 1. The van der Waals surface area contributed by atoms with Crippen molar-refractivity contribution in [1.82, 2.24) is 20.9 Å². The lowest BCUT2D eigenvalue weighted by Gasteiger charge is -2.26. The Kier molecular flexibility index (Phi) is 12.9. The first kappa shape index (κ1) is 32.6. The summed E-state index contributed by atoms with van der Waals surface area (Å²) in [6.07, 6.45) is 3.98. The second-order valence-corrected chi connectivity index (χ2v) is 10.7. The van der Waals surface area contributed by atoms with Crippen molar-refractivity contribution < 1.29 is 34.2 Å².